The van der Waals surface area contributed by atoms with Crippen molar-refractivity contribution in [2.24, 2.45) is 0 Å². The van der Waals surface area contributed by atoms with E-state index in [0.29, 0.717) is 17.5 Å². The Kier molecular flexibility index (Phi) is 3.78. The second-order valence-electron chi connectivity index (χ2n) is 6.05. The highest BCUT2D eigenvalue weighted by Crippen LogP contribution is 2.33. The van der Waals surface area contributed by atoms with Crippen LogP contribution in [0.4, 0.5) is 27.8 Å². The Morgan fingerprint density at radius 1 is 1.00 bits per heavy atom. The first-order valence-corrected chi connectivity index (χ1v) is 7.83. The number of aromatic nitrogens is 4. The van der Waals surface area contributed by atoms with E-state index in [4.69, 9.17) is 0 Å². The van der Waals surface area contributed by atoms with Gasteiger partial charge in [-0.25, -0.2) is 8.78 Å². The van der Waals surface area contributed by atoms with Crippen LogP contribution < -0.4 is 4.90 Å². The molecule has 3 heterocycles. The summed E-state index contributed by atoms with van der Waals surface area (Å²) in [5.41, 5.74) is -0.0340. The van der Waals surface area contributed by atoms with Crippen LogP contribution in [-0.2, 0) is 6.18 Å². The van der Waals surface area contributed by atoms with Gasteiger partial charge in [-0.2, -0.15) is 17.7 Å². The minimum absolute atomic E-state index is 0.00337. The van der Waals surface area contributed by atoms with E-state index in [1.807, 2.05) is 0 Å². The van der Waals surface area contributed by atoms with Gasteiger partial charge in [-0.05, 0) is 30.7 Å². The molecular formula is C16H12F5N5. The van der Waals surface area contributed by atoms with Crippen molar-refractivity contribution in [3.63, 3.8) is 0 Å². The van der Waals surface area contributed by atoms with Crippen molar-refractivity contribution in [3.8, 4) is 0 Å². The molecular weight excluding hydrogens is 357 g/mol. The highest BCUT2D eigenvalue weighted by Gasteiger charge is 2.38. The fourth-order valence-corrected chi connectivity index (χ4v) is 3.23. The number of rotatable bonds is 2. The van der Waals surface area contributed by atoms with E-state index in [2.05, 4.69) is 15.3 Å². The summed E-state index contributed by atoms with van der Waals surface area (Å²) in [5.74, 6) is -2.61. The molecule has 1 unspecified atom stereocenters. The Morgan fingerprint density at radius 2 is 1.73 bits per heavy atom. The number of anilines is 1. The molecule has 0 saturated carbocycles. The molecule has 1 atom stereocenters. The Hall–Kier alpha value is -2.78. The molecule has 136 valence electrons. The molecule has 0 aliphatic carbocycles. The van der Waals surface area contributed by atoms with Crippen molar-refractivity contribution in [1.29, 1.82) is 0 Å². The maximum Gasteiger partial charge on any atom is 0.453 e. The summed E-state index contributed by atoms with van der Waals surface area (Å²) in [5, 5.41) is 10.5. The van der Waals surface area contributed by atoms with Crippen LogP contribution in [-0.4, -0.2) is 32.9 Å². The van der Waals surface area contributed by atoms with Crippen LogP contribution >= 0.6 is 0 Å². The van der Waals surface area contributed by atoms with Crippen LogP contribution in [0.1, 0.15) is 23.7 Å². The normalized spacial score (nSPS) is 18.0. The topological polar surface area (TPSA) is 46.3 Å². The average molecular weight is 369 g/mol. The van der Waals surface area contributed by atoms with Crippen molar-refractivity contribution < 1.29 is 22.0 Å². The molecule has 5 nitrogen and oxygen atoms in total. The van der Waals surface area contributed by atoms with Gasteiger partial charge in [0.2, 0.25) is 0 Å². The van der Waals surface area contributed by atoms with Crippen molar-refractivity contribution in [2.45, 2.75) is 18.5 Å². The smallest absolute Gasteiger partial charge is 0.355 e. The molecule has 1 saturated heterocycles. The van der Waals surface area contributed by atoms with E-state index >= 15 is 0 Å². The van der Waals surface area contributed by atoms with Crippen LogP contribution in [0.2, 0.25) is 0 Å². The summed E-state index contributed by atoms with van der Waals surface area (Å²) in [6.45, 7) is 0.667. The van der Waals surface area contributed by atoms with Gasteiger partial charge >= 0.3 is 6.18 Å². The van der Waals surface area contributed by atoms with Crippen molar-refractivity contribution in [3.05, 3.63) is 53.4 Å². The Balaban J connectivity index is 1.65. The molecule has 0 bridgehead atoms. The second-order valence-corrected chi connectivity index (χ2v) is 6.05. The molecule has 1 fully saturated rings. The predicted molar refractivity (Wildman–Crippen MR) is 81.7 cm³/mol. The van der Waals surface area contributed by atoms with Crippen molar-refractivity contribution >= 4 is 11.5 Å². The minimum atomic E-state index is -4.69. The number of nitrogens with zero attached hydrogens (tertiary/aromatic N) is 5. The Bertz CT molecular complexity index is 947. The van der Waals surface area contributed by atoms with Gasteiger partial charge in [0.25, 0.3) is 5.82 Å². The van der Waals surface area contributed by atoms with Crippen molar-refractivity contribution in [1.82, 2.24) is 19.8 Å². The highest BCUT2D eigenvalue weighted by atomic mass is 19.4. The molecule has 1 aromatic carbocycles. The fourth-order valence-electron chi connectivity index (χ4n) is 3.23. The molecule has 0 N–H and O–H groups in total. The van der Waals surface area contributed by atoms with Crippen LogP contribution in [0.3, 0.4) is 0 Å². The zero-order valence-electron chi connectivity index (χ0n) is 13.2. The first-order valence-electron chi connectivity index (χ1n) is 7.83. The summed E-state index contributed by atoms with van der Waals surface area (Å²) in [7, 11) is 0. The van der Waals surface area contributed by atoms with Gasteiger partial charge in [0.1, 0.15) is 17.5 Å². The standard InChI is InChI=1S/C16H12F5N5/c17-10-2-1-3-11(18)14(10)9-6-7-25(8-9)13-5-4-12-22-23-15(16(19,20)21)26(12)24-13/h1-5,9H,6-8H2. The third-order valence-corrected chi connectivity index (χ3v) is 4.42. The van der Waals surface area contributed by atoms with E-state index < -0.39 is 29.6 Å². The number of halogens is 5. The van der Waals surface area contributed by atoms with Crippen LogP contribution in [0.15, 0.2) is 30.3 Å². The Morgan fingerprint density at radius 3 is 2.42 bits per heavy atom. The third-order valence-electron chi connectivity index (χ3n) is 4.42. The highest BCUT2D eigenvalue weighted by molar-refractivity contribution is 5.47. The summed E-state index contributed by atoms with van der Waals surface area (Å²) in [6, 6.07) is 6.57. The first-order chi connectivity index (χ1) is 12.3. The van der Waals surface area contributed by atoms with E-state index in [-0.39, 0.29) is 23.6 Å². The SMILES string of the molecule is Fc1cccc(F)c1C1CCN(c2ccc3nnc(C(F)(F)F)n3n2)C1. The zero-order valence-corrected chi connectivity index (χ0v) is 13.2. The maximum atomic E-state index is 14.0. The lowest BCUT2D eigenvalue weighted by atomic mass is 9.97. The van der Waals surface area contributed by atoms with Gasteiger partial charge in [0.15, 0.2) is 5.65 Å². The molecule has 1 aliphatic rings. The van der Waals surface area contributed by atoms with Gasteiger partial charge in [-0.15, -0.1) is 15.3 Å². The molecule has 0 radical (unpaired) electrons. The molecule has 0 spiro atoms. The Labute approximate surface area is 144 Å². The molecule has 3 aromatic rings. The number of fused-ring (bicyclic) bond motifs is 1. The van der Waals surface area contributed by atoms with E-state index in [1.54, 1.807) is 4.90 Å². The summed E-state index contributed by atoms with van der Waals surface area (Å²) < 4.78 is 67.5. The van der Waals surface area contributed by atoms with E-state index in [0.717, 1.165) is 0 Å². The second kappa shape index (κ2) is 5.89. The number of hydrogen-bond donors (Lipinski definition) is 0. The molecule has 26 heavy (non-hydrogen) atoms. The van der Waals surface area contributed by atoms with Crippen LogP contribution in [0, 0.1) is 11.6 Å². The number of alkyl halides is 3. The predicted octanol–water partition coefficient (Wildman–Crippen LogP) is 3.42. The fraction of sp³-hybridized carbons (Fsp3) is 0.312. The van der Waals surface area contributed by atoms with Gasteiger partial charge in [-0.3, -0.25) is 0 Å². The van der Waals surface area contributed by atoms with Gasteiger partial charge in [0, 0.05) is 24.6 Å². The third kappa shape index (κ3) is 2.74. The maximum absolute atomic E-state index is 14.0. The number of benzene rings is 1. The summed E-state index contributed by atoms with van der Waals surface area (Å²) >= 11 is 0. The molecule has 2 aromatic heterocycles. The molecule has 1 aliphatic heterocycles. The lowest BCUT2D eigenvalue weighted by Crippen LogP contribution is -2.22. The summed E-state index contributed by atoms with van der Waals surface area (Å²) in [6.07, 6.45) is -4.22. The zero-order chi connectivity index (χ0) is 18.5. The molecule has 4 rings (SSSR count). The largest absolute Gasteiger partial charge is 0.453 e. The van der Waals surface area contributed by atoms with Crippen molar-refractivity contribution in [2.75, 3.05) is 18.0 Å². The lowest BCUT2D eigenvalue weighted by Gasteiger charge is -2.18. The van der Waals surface area contributed by atoms with Gasteiger partial charge in [-0.1, -0.05) is 6.07 Å². The minimum Gasteiger partial charge on any atom is -0.355 e. The monoisotopic (exact) mass is 369 g/mol. The van der Waals surface area contributed by atoms with E-state index in [9.17, 15) is 22.0 Å². The molecule has 0 amide bonds. The van der Waals surface area contributed by atoms with Crippen LogP contribution in [0.5, 0.6) is 0 Å². The summed E-state index contributed by atoms with van der Waals surface area (Å²) in [4.78, 5) is 1.69. The first kappa shape index (κ1) is 16.7. The van der Waals surface area contributed by atoms with Gasteiger partial charge < -0.3 is 4.90 Å². The van der Waals surface area contributed by atoms with Crippen LogP contribution in [0.25, 0.3) is 5.65 Å². The average Bonchev–Trinajstić information content (AvgIpc) is 3.20. The van der Waals surface area contributed by atoms with E-state index in [1.165, 1.54) is 30.3 Å². The number of hydrogen-bond acceptors (Lipinski definition) is 4. The van der Waals surface area contributed by atoms with Gasteiger partial charge in [0.05, 0.1) is 0 Å². The quantitative estimate of drug-likeness (QED) is 0.650. The molecule has 10 heteroatoms. The lowest BCUT2D eigenvalue weighted by molar-refractivity contribution is -0.146.